The van der Waals surface area contributed by atoms with Gasteiger partial charge < -0.3 is 40.6 Å². The summed E-state index contributed by atoms with van der Waals surface area (Å²) in [5.41, 5.74) is 6.45. The van der Waals surface area contributed by atoms with E-state index in [4.69, 9.17) is 24.7 Å². The maximum atomic E-state index is 5.68. The molecule has 0 amide bonds. The van der Waals surface area contributed by atoms with E-state index in [-0.39, 0.29) is 6.10 Å². The van der Waals surface area contributed by atoms with Crippen molar-refractivity contribution in [3.63, 3.8) is 0 Å². The largest absolute Gasteiger partial charge is 0.497 e. The van der Waals surface area contributed by atoms with Gasteiger partial charge in [-0.15, -0.1) is 0 Å². The summed E-state index contributed by atoms with van der Waals surface area (Å²) in [4.78, 5) is 13.5. The van der Waals surface area contributed by atoms with E-state index in [1.807, 2.05) is 24.3 Å². The molecule has 1 fully saturated rings. The van der Waals surface area contributed by atoms with E-state index in [2.05, 4.69) is 30.9 Å². The van der Waals surface area contributed by atoms with Crippen molar-refractivity contribution in [3.05, 3.63) is 29.8 Å². The molecule has 0 radical (unpaired) electrons. The Morgan fingerprint density at radius 3 is 2.48 bits per heavy atom. The Balaban J connectivity index is 1.54. The van der Waals surface area contributed by atoms with Crippen LogP contribution >= 0.6 is 0 Å². The van der Waals surface area contributed by atoms with Crippen LogP contribution in [0.5, 0.6) is 5.75 Å². The highest BCUT2D eigenvalue weighted by Crippen LogP contribution is 2.16. The quantitative estimate of drug-likeness (QED) is 0.270. The van der Waals surface area contributed by atoms with Crippen molar-refractivity contribution in [1.82, 2.24) is 15.0 Å². The molecule has 1 aliphatic heterocycles. The number of nitrogens with two attached hydrogens (primary N) is 1. The Kier molecular flexibility index (Phi) is 10.9. The fourth-order valence-corrected chi connectivity index (χ4v) is 3.23. The van der Waals surface area contributed by atoms with Crippen LogP contribution in [0.25, 0.3) is 0 Å². The third kappa shape index (κ3) is 9.34. The number of methoxy groups -OCH3 is 1. The molecular weight excluding hydrogens is 426 g/mol. The van der Waals surface area contributed by atoms with Crippen LogP contribution in [-0.2, 0) is 20.8 Å². The predicted octanol–water partition coefficient (Wildman–Crippen LogP) is 1.49. The number of hydrogen-bond donors (Lipinski definition) is 4. The molecule has 0 spiro atoms. The SMILES string of the molecule is COc1cccc(CNc2nc(NCCOCCOCCN)nc(NCC3CCCO3)n2)c1. The van der Waals surface area contributed by atoms with Gasteiger partial charge in [0.2, 0.25) is 17.8 Å². The summed E-state index contributed by atoms with van der Waals surface area (Å²) in [7, 11) is 1.65. The first kappa shape index (κ1) is 24.9. The Morgan fingerprint density at radius 1 is 1.00 bits per heavy atom. The zero-order chi connectivity index (χ0) is 23.1. The van der Waals surface area contributed by atoms with Gasteiger partial charge in [0.25, 0.3) is 0 Å². The molecule has 1 aliphatic rings. The molecule has 0 bridgehead atoms. The van der Waals surface area contributed by atoms with E-state index in [9.17, 15) is 0 Å². The van der Waals surface area contributed by atoms with Gasteiger partial charge in [0.1, 0.15) is 5.75 Å². The zero-order valence-electron chi connectivity index (χ0n) is 19.2. The maximum absolute atomic E-state index is 5.68. The molecule has 1 atom stereocenters. The van der Waals surface area contributed by atoms with Crippen LogP contribution in [0.2, 0.25) is 0 Å². The highest BCUT2D eigenvalue weighted by Gasteiger charge is 2.16. The van der Waals surface area contributed by atoms with E-state index < -0.39 is 0 Å². The van der Waals surface area contributed by atoms with Crippen molar-refractivity contribution in [2.45, 2.75) is 25.5 Å². The average molecular weight is 462 g/mol. The van der Waals surface area contributed by atoms with Gasteiger partial charge in [-0.05, 0) is 30.5 Å². The second-order valence-corrected chi connectivity index (χ2v) is 7.47. The fourth-order valence-electron chi connectivity index (χ4n) is 3.23. The molecule has 33 heavy (non-hydrogen) atoms. The molecule has 1 aromatic carbocycles. The lowest BCUT2D eigenvalue weighted by molar-refractivity contribution is 0.0547. The van der Waals surface area contributed by atoms with Crippen LogP contribution in [0.3, 0.4) is 0 Å². The smallest absolute Gasteiger partial charge is 0.229 e. The van der Waals surface area contributed by atoms with Crippen molar-refractivity contribution in [2.75, 3.05) is 75.7 Å². The van der Waals surface area contributed by atoms with Crippen LogP contribution in [0.1, 0.15) is 18.4 Å². The Hall–Kier alpha value is -2.73. The Labute approximate surface area is 194 Å². The molecule has 0 saturated carbocycles. The summed E-state index contributed by atoms with van der Waals surface area (Å²) in [6.07, 6.45) is 2.30. The van der Waals surface area contributed by atoms with Crippen molar-refractivity contribution in [1.29, 1.82) is 0 Å². The molecule has 5 N–H and O–H groups in total. The second kappa shape index (κ2) is 14.4. The van der Waals surface area contributed by atoms with Crippen molar-refractivity contribution in [3.8, 4) is 5.75 Å². The van der Waals surface area contributed by atoms with E-state index in [0.29, 0.717) is 70.5 Å². The molecule has 2 heterocycles. The molecule has 11 nitrogen and oxygen atoms in total. The first-order chi connectivity index (χ1) is 16.3. The lowest BCUT2D eigenvalue weighted by atomic mass is 10.2. The normalized spacial score (nSPS) is 15.4. The van der Waals surface area contributed by atoms with E-state index in [1.54, 1.807) is 7.11 Å². The molecule has 182 valence electrons. The Bertz CT molecular complexity index is 821. The summed E-state index contributed by atoms with van der Waals surface area (Å²) in [5.74, 6) is 2.24. The second-order valence-electron chi connectivity index (χ2n) is 7.47. The summed E-state index contributed by atoms with van der Waals surface area (Å²) >= 11 is 0. The van der Waals surface area contributed by atoms with Crippen molar-refractivity contribution >= 4 is 17.8 Å². The summed E-state index contributed by atoms with van der Waals surface area (Å²) in [6.45, 7) is 5.17. The molecular formula is C22H35N7O4. The number of rotatable bonds is 16. The highest BCUT2D eigenvalue weighted by molar-refractivity contribution is 5.43. The van der Waals surface area contributed by atoms with Crippen molar-refractivity contribution in [2.24, 2.45) is 5.73 Å². The maximum Gasteiger partial charge on any atom is 0.229 e. The number of hydrogen-bond acceptors (Lipinski definition) is 11. The lowest BCUT2D eigenvalue weighted by Crippen LogP contribution is -2.21. The standard InChI is InChI=1S/C22H35N7O4/c1-30-18-5-2-4-17(14-18)15-25-21-27-20(24-8-11-32-13-12-31-10-7-23)28-22(29-21)26-16-19-6-3-9-33-19/h2,4-5,14,19H,3,6-13,15-16,23H2,1H3,(H3,24,25,26,27,28,29). The third-order valence-electron chi connectivity index (χ3n) is 4.90. The van der Waals surface area contributed by atoms with E-state index in [0.717, 1.165) is 30.8 Å². The predicted molar refractivity (Wildman–Crippen MR) is 127 cm³/mol. The van der Waals surface area contributed by atoms with Crippen LogP contribution in [-0.4, -0.2) is 80.8 Å². The van der Waals surface area contributed by atoms with Gasteiger partial charge in [0, 0.05) is 32.8 Å². The van der Waals surface area contributed by atoms with Crippen molar-refractivity contribution < 1.29 is 18.9 Å². The fraction of sp³-hybridized carbons (Fsp3) is 0.591. The number of nitrogens with one attached hydrogen (secondary N) is 3. The lowest BCUT2D eigenvalue weighted by Gasteiger charge is -2.14. The van der Waals surface area contributed by atoms with Gasteiger partial charge in [-0.2, -0.15) is 15.0 Å². The molecule has 1 unspecified atom stereocenters. The molecule has 0 aliphatic carbocycles. The number of nitrogens with zero attached hydrogens (tertiary/aromatic N) is 3. The van der Waals surface area contributed by atoms with E-state index in [1.165, 1.54) is 0 Å². The van der Waals surface area contributed by atoms with Gasteiger partial charge in [-0.25, -0.2) is 0 Å². The Morgan fingerprint density at radius 2 is 1.76 bits per heavy atom. The van der Waals surface area contributed by atoms with Crippen LogP contribution in [0.4, 0.5) is 17.8 Å². The minimum atomic E-state index is 0.182. The number of anilines is 3. The van der Waals surface area contributed by atoms with Gasteiger partial charge in [-0.1, -0.05) is 12.1 Å². The van der Waals surface area contributed by atoms with Gasteiger partial charge in [0.05, 0.1) is 39.6 Å². The first-order valence-electron chi connectivity index (χ1n) is 11.3. The highest BCUT2D eigenvalue weighted by atomic mass is 16.5. The van der Waals surface area contributed by atoms with Crippen LogP contribution in [0, 0.1) is 0 Å². The number of ether oxygens (including phenoxy) is 4. The average Bonchev–Trinajstić information content (AvgIpc) is 3.37. The molecule has 3 rings (SSSR count). The van der Waals surface area contributed by atoms with Gasteiger partial charge in [-0.3, -0.25) is 0 Å². The van der Waals surface area contributed by atoms with Crippen LogP contribution < -0.4 is 26.4 Å². The minimum Gasteiger partial charge on any atom is -0.497 e. The summed E-state index contributed by atoms with van der Waals surface area (Å²) in [6, 6.07) is 7.85. The number of benzene rings is 1. The molecule has 2 aromatic rings. The molecule has 1 saturated heterocycles. The summed E-state index contributed by atoms with van der Waals surface area (Å²) in [5, 5.41) is 9.73. The minimum absolute atomic E-state index is 0.182. The first-order valence-corrected chi connectivity index (χ1v) is 11.3. The van der Waals surface area contributed by atoms with Gasteiger partial charge >= 0.3 is 0 Å². The van der Waals surface area contributed by atoms with Gasteiger partial charge in [0.15, 0.2) is 0 Å². The molecule has 1 aromatic heterocycles. The third-order valence-corrected chi connectivity index (χ3v) is 4.90. The molecule has 11 heteroatoms. The zero-order valence-corrected chi connectivity index (χ0v) is 19.2. The van der Waals surface area contributed by atoms with Crippen LogP contribution in [0.15, 0.2) is 24.3 Å². The summed E-state index contributed by atoms with van der Waals surface area (Å²) < 4.78 is 21.8. The monoisotopic (exact) mass is 461 g/mol. The van der Waals surface area contributed by atoms with E-state index >= 15 is 0 Å². The number of aromatic nitrogens is 3. The topological polar surface area (TPSA) is 138 Å².